The summed E-state index contributed by atoms with van der Waals surface area (Å²) >= 11 is 7.88. The lowest BCUT2D eigenvalue weighted by molar-refractivity contribution is 0.0462. The fourth-order valence-electron chi connectivity index (χ4n) is 3.33. The van der Waals surface area contributed by atoms with Crippen LogP contribution < -0.4 is 10.6 Å². The Kier molecular flexibility index (Phi) is 4.90. The Hall–Kier alpha value is -0.780. The Morgan fingerprint density at radius 2 is 2.09 bits per heavy atom. The lowest BCUT2D eigenvalue weighted by Gasteiger charge is -2.39. The first kappa shape index (κ1) is 17.1. The summed E-state index contributed by atoms with van der Waals surface area (Å²) in [4.78, 5) is 13.2. The number of halogens is 1. The lowest BCUT2D eigenvalue weighted by atomic mass is 9.84. The van der Waals surface area contributed by atoms with E-state index in [0.717, 1.165) is 23.6 Å². The van der Waals surface area contributed by atoms with Crippen LogP contribution in [0.2, 0.25) is 4.34 Å². The molecule has 1 aromatic rings. The van der Waals surface area contributed by atoms with Crippen molar-refractivity contribution >= 4 is 29.0 Å². The van der Waals surface area contributed by atoms with Gasteiger partial charge in [0.15, 0.2) is 0 Å². The van der Waals surface area contributed by atoms with E-state index in [1.54, 1.807) is 11.3 Å². The highest BCUT2D eigenvalue weighted by Crippen LogP contribution is 2.39. The summed E-state index contributed by atoms with van der Waals surface area (Å²) < 4.78 is 6.19. The van der Waals surface area contributed by atoms with Crippen molar-refractivity contribution in [3.8, 4) is 0 Å². The minimum absolute atomic E-state index is 0.219. The zero-order valence-corrected chi connectivity index (χ0v) is 15.5. The summed E-state index contributed by atoms with van der Waals surface area (Å²) in [7, 11) is 0. The molecule has 1 unspecified atom stereocenters. The van der Waals surface area contributed by atoms with Gasteiger partial charge in [0, 0.05) is 23.0 Å². The molecule has 1 aromatic heterocycles. The second kappa shape index (κ2) is 6.61. The molecule has 6 heteroatoms. The van der Waals surface area contributed by atoms with Crippen LogP contribution >= 0.6 is 22.9 Å². The van der Waals surface area contributed by atoms with Gasteiger partial charge in [-0.05, 0) is 64.5 Å². The number of carbonyl (C=O) groups is 1. The van der Waals surface area contributed by atoms with Gasteiger partial charge >= 0.3 is 6.09 Å². The number of rotatable bonds is 3. The maximum atomic E-state index is 11.8. The summed E-state index contributed by atoms with van der Waals surface area (Å²) in [6.45, 7) is 5.64. The van der Waals surface area contributed by atoms with Crippen molar-refractivity contribution in [3.63, 3.8) is 0 Å². The number of fused-ring (bicyclic) bond motifs is 1. The number of hydrogen-bond donors (Lipinski definition) is 2. The summed E-state index contributed by atoms with van der Waals surface area (Å²) in [5.41, 5.74) is 0.942. The highest BCUT2D eigenvalue weighted by Gasteiger charge is 2.34. The number of nitrogens with one attached hydrogen (secondary N) is 2. The van der Waals surface area contributed by atoms with Gasteiger partial charge in [-0.3, -0.25) is 0 Å². The van der Waals surface area contributed by atoms with Crippen molar-refractivity contribution in [1.82, 2.24) is 10.6 Å². The molecule has 4 nitrogen and oxygen atoms in total. The Bertz CT molecular complexity index is 576. The van der Waals surface area contributed by atoms with Crippen LogP contribution in [0.25, 0.3) is 0 Å². The minimum Gasteiger partial charge on any atom is -0.444 e. The third kappa shape index (κ3) is 4.40. The highest BCUT2D eigenvalue weighted by atomic mass is 35.5. The molecule has 128 valence electrons. The summed E-state index contributed by atoms with van der Waals surface area (Å²) in [6.07, 6.45) is 5.14. The van der Waals surface area contributed by atoms with E-state index in [1.165, 1.54) is 23.3 Å². The molecule has 0 spiro atoms. The van der Waals surface area contributed by atoms with Crippen molar-refractivity contribution < 1.29 is 9.53 Å². The Morgan fingerprint density at radius 1 is 1.35 bits per heavy atom. The molecule has 1 atom stereocenters. The molecule has 2 aliphatic carbocycles. The van der Waals surface area contributed by atoms with Gasteiger partial charge in [-0.25, -0.2) is 4.79 Å². The summed E-state index contributed by atoms with van der Waals surface area (Å²) in [5.74, 6) is 0. The number of aryl methyl sites for hydroxylation is 1. The smallest absolute Gasteiger partial charge is 0.407 e. The predicted octanol–water partition coefficient (Wildman–Crippen LogP) is 4.42. The fraction of sp³-hybridized carbons (Fsp3) is 0.706. The largest absolute Gasteiger partial charge is 0.444 e. The van der Waals surface area contributed by atoms with Crippen molar-refractivity contribution in [3.05, 3.63) is 20.8 Å². The summed E-state index contributed by atoms with van der Waals surface area (Å²) in [5, 5.41) is 6.68. The first-order valence-corrected chi connectivity index (χ1v) is 9.53. The van der Waals surface area contributed by atoms with E-state index >= 15 is 0 Å². The topological polar surface area (TPSA) is 50.4 Å². The maximum absolute atomic E-state index is 11.8. The van der Waals surface area contributed by atoms with E-state index in [2.05, 4.69) is 16.7 Å². The van der Waals surface area contributed by atoms with E-state index in [9.17, 15) is 4.79 Å². The van der Waals surface area contributed by atoms with Crippen LogP contribution in [0.15, 0.2) is 6.07 Å². The van der Waals surface area contributed by atoms with Crippen LogP contribution in [0.3, 0.4) is 0 Å². The Labute approximate surface area is 146 Å². The van der Waals surface area contributed by atoms with Crippen molar-refractivity contribution in [2.24, 2.45) is 0 Å². The second-order valence-electron chi connectivity index (χ2n) is 7.55. The minimum atomic E-state index is -0.442. The molecule has 3 rings (SSSR count). The van der Waals surface area contributed by atoms with Crippen LogP contribution in [0.5, 0.6) is 0 Å². The Balaban J connectivity index is 1.45. The van der Waals surface area contributed by atoms with E-state index in [0.29, 0.717) is 12.1 Å². The molecule has 0 aliphatic heterocycles. The maximum Gasteiger partial charge on any atom is 0.407 e. The second-order valence-corrected chi connectivity index (χ2v) is 9.32. The SMILES string of the molecule is CC(C)(C)OC(=O)NC1CC(NC2CCCc3sc(Cl)cc32)C1. The van der Waals surface area contributed by atoms with E-state index in [1.807, 2.05) is 20.8 Å². The van der Waals surface area contributed by atoms with E-state index in [-0.39, 0.29) is 12.1 Å². The van der Waals surface area contributed by atoms with Crippen LogP contribution in [0.1, 0.15) is 62.9 Å². The Morgan fingerprint density at radius 3 is 2.78 bits per heavy atom. The standard InChI is InChI=1S/C17H25ClN2O2S/c1-17(2,3)22-16(21)20-11-7-10(8-11)19-13-5-4-6-14-12(13)9-15(18)23-14/h9-11,13,19H,4-8H2,1-3H3,(H,20,21). The van der Waals surface area contributed by atoms with Crippen molar-refractivity contribution in [2.45, 2.75) is 76.6 Å². The number of hydrogen-bond acceptors (Lipinski definition) is 4. The molecule has 2 N–H and O–H groups in total. The van der Waals surface area contributed by atoms with Gasteiger partial charge in [-0.2, -0.15) is 0 Å². The predicted molar refractivity (Wildman–Crippen MR) is 94.3 cm³/mol. The normalized spacial score (nSPS) is 27.0. The van der Waals surface area contributed by atoms with Crippen molar-refractivity contribution in [2.75, 3.05) is 0 Å². The molecule has 0 radical (unpaired) electrons. The van der Waals surface area contributed by atoms with Crippen molar-refractivity contribution in [1.29, 1.82) is 0 Å². The van der Waals surface area contributed by atoms with Gasteiger partial charge in [0.2, 0.25) is 0 Å². The molecule has 1 saturated carbocycles. The first-order chi connectivity index (χ1) is 10.8. The third-order valence-electron chi connectivity index (χ3n) is 4.38. The molecule has 0 saturated heterocycles. The van der Waals surface area contributed by atoms with Crippen LogP contribution in [0, 0.1) is 0 Å². The zero-order chi connectivity index (χ0) is 16.6. The molecule has 1 amide bonds. The van der Waals surface area contributed by atoms with E-state index < -0.39 is 5.60 Å². The molecule has 0 aromatic carbocycles. The lowest BCUT2D eigenvalue weighted by Crippen LogP contribution is -2.53. The quantitative estimate of drug-likeness (QED) is 0.842. The molecular formula is C17H25ClN2O2S. The number of alkyl carbamates (subject to hydrolysis) is 1. The highest BCUT2D eigenvalue weighted by molar-refractivity contribution is 7.16. The van der Waals surface area contributed by atoms with Gasteiger partial charge < -0.3 is 15.4 Å². The van der Waals surface area contributed by atoms with Crippen LogP contribution in [0.4, 0.5) is 4.79 Å². The van der Waals surface area contributed by atoms with Gasteiger partial charge in [-0.15, -0.1) is 11.3 Å². The van der Waals surface area contributed by atoms with Gasteiger partial charge in [0.1, 0.15) is 5.60 Å². The first-order valence-electron chi connectivity index (χ1n) is 8.34. The molecule has 0 bridgehead atoms. The molecule has 2 aliphatic rings. The van der Waals surface area contributed by atoms with Gasteiger partial charge in [-0.1, -0.05) is 11.6 Å². The zero-order valence-electron chi connectivity index (χ0n) is 13.9. The molecule has 1 fully saturated rings. The van der Waals surface area contributed by atoms with Gasteiger partial charge in [0.25, 0.3) is 0 Å². The fourth-order valence-corrected chi connectivity index (χ4v) is 4.71. The molecule has 23 heavy (non-hydrogen) atoms. The molecular weight excluding hydrogens is 332 g/mol. The summed E-state index contributed by atoms with van der Waals surface area (Å²) in [6, 6.07) is 3.21. The number of ether oxygens (including phenoxy) is 1. The monoisotopic (exact) mass is 356 g/mol. The molecule has 1 heterocycles. The number of carbonyl (C=O) groups excluding carboxylic acids is 1. The average Bonchev–Trinajstić information content (AvgIpc) is 2.75. The third-order valence-corrected chi connectivity index (χ3v) is 5.72. The van der Waals surface area contributed by atoms with Gasteiger partial charge in [0.05, 0.1) is 4.34 Å². The number of amides is 1. The van der Waals surface area contributed by atoms with Crippen LogP contribution in [-0.4, -0.2) is 23.8 Å². The van der Waals surface area contributed by atoms with Crippen LogP contribution in [-0.2, 0) is 11.2 Å². The number of thiophene rings is 1. The average molecular weight is 357 g/mol. The van der Waals surface area contributed by atoms with E-state index in [4.69, 9.17) is 16.3 Å².